The summed E-state index contributed by atoms with van der Waals surface area (Å²) in [7, 11) is 0. The van der Waals surface area contributed by atoms with Gasteiger partial charge in [-0.15, -0.1) is 0 Å². The lowest BCUT2D eigenvalue weighted by Crippen LogP contribution is -2.22. The monoisotopic (exact) mass is 388 g/mol. The van der Waals surface area contributed by atoms with E-state index >= 15 is 0 Å². The molecule has 0 radical (unpaired) electrons. The van der Waals surface area contributed by atoms with Crippen LogP contribution < -0.4 is 5.73 Å². The van der Waals surface area contributed by atoms with Gasteiger partial charge in [0, 0.05) is 19.6 Å². The smallest absolute Gasteiger partial charge is 0.0240 e. The molecule has 2 heteroatoms. The van der Waals surface area contributed by atoms with Crippen molar-refractivity contribution in [2.45, 2.75) is 52.2 Å². The van der Waals surface area contributed by atoms with Crippen LogP contribution in [0.2, 0.25) is 0 Å². The Balaban J connectivity index is 0.000000370. The van der Waals surface area contributed by atoms with Crippen molar-refractivity contribution in [2.24, 2.45) is 5.73 Å². The fourth-order valence-electron chi connectivity index (χ4n) is 3.26. The number of rotatable bonds is 10. The number of unbranched alkanes of at least 4 members (excludes halogenated alkanes) is 3. The van der Waals surface area contributed by atoms with Crippen molar-refractivity contribution in [3.63, 3.8) is 0 Å². The zero-order valence-electron chi connectivity index (χ0n) is 17.8. The molecule has 0 unspecified atom stereocenters. The maximum absolute atomic E-state index is 5.27. The van der Waals surface area contributed by atoms with Crippen molar-refractivity contribution >= 4 is 0 Å². The van der Waals surface area contributed by atoms with Gasteiger partial charge in [-0.1, -0.05) is 117 Å². The van der Waals surface area contributed by atoms with Crippen LogP contribution in [0.3, 0.4) is 0 Å². The van der Waals surface area contributed by atoms with Crippen LogP contribution in [-0.2, 0) is 19.6 Å². The zero-order chi connectivity index (χ0) is 20.6. The molecular weight excluding hydrogens is 352 g/mol. The van der Waals surface area contributed by atoms with Crippen molar-refractivity contribution in [2.75, 3.05) is 6.54 Å². The van der Waals surface area contributed by atoms with E-state index in [1.54, 1.807) is 0 Å². The molecule has 29 heavy (non-hydrogen) atoms. The summed E-state index contributed by atoms with van der Waals surface area (Å²) in [6.45, 7) is 5.95. The summed E-state index contributed by atoms with van der Waals surface area (Å²) in [6.07, 6.45) is 5.16. The molecule has 0 bridgehead atoms. The second-order valence-corrected chi connectivity index (χ2v) is 7.45. The van der Waals surface area contributed by atoms with E-state index in [0.29, 0.717) is 0 Å². The average molecular weight is 389 g/mol. The highest BCUT2D eigenvalue weighted by molar-refractivity contribution is 5.19. The molecule has 154 valence electrons. The Bertz CT molecular complexity index is 639. The largest absolute Gasteiger partial charge is 0.330 e. The zero-order valence-corrected chi connectivity index (χ0v) is 17.8. The maximum atomic E-state index is 5.27. The summed E-state index contributed by atoms with van der Waals surface area (Å²) in [5.41, 5.74) is 9.34. The number of nitrogens with two attached hydrogens (primary N) is 1. The molecule has 0 aliphatic heterocycles. The first kappa shape index (κ1) is 22.9. The summed E-state index contributed by atoms with van der Waals surface area (Å²) in [5.74, 6) is 0. The summed E-state index contributed by atoms with van der Waals surface area (Å²) in [5, 5.41) is 0. The van der Waals surface area contributed by atoms with Gasteiger partial charge in [-0.25, -0.2) is 0 Å². The molecule has 2 N–H and O–H groups in total. The van der Waals surface area contributed by atoms with E-state index < -0.39 is 0 Å². The van der Waals surface area contributed by atoms with Crippen LogP contribution >= 0.6 is 0 Å². The lowest BCUT2D eigenvalue weighted by molar-refractivity contribution is 0.247. The van der Waals surface area contributed by atoms with Gasteiger partial charge in [-0.05, 0) is 29.7 Å². The van der Waals surface area contributed by atoms with Gasteiger partial charge in [-0.3, -0.25) is 4.90 Å². The molecule has 0 saturated carbocycles. The molecule has 0 aromatic heterocycles. The Hall–Kier alpha value is -2.42. The maximum Gasteiger partial charge on any atom is 0.0240 e. The lowest BCUT2D eigenvalue weighted by Gasteiger charge is -2.23. The van der Waals surface area contributed by atoms with Crippen molar-refractivity contribution in [1.82, 2.24) is 4.90 Å². The van der Waals surface area contributed by atoms with Crippen LogP contribution in [0.4, 0.5) is 0 Å². The highest BCUT2D eigenvalue weighted by atomic mass is 15.1. The molecule has 0 amide bonds. The molecule has 0 heterocycles. The predicted octanol–water partition coefficient (Wildman–Crippen LogP) is 6.41. The normalized spacial score (nSPS) is 10.4. The highest BCUT2D eigenvalue weighted by Crippen LogP contribution is 2.14. The van der Waals surface area contributed by atoms with E-state index in [-0.39, 0.29) is 0 Å². The Morgan fingerprint density at radius 2 is 0.931 bits per heavy atom. The van der Waals surface area contributed by atoms with Gasteiger partial charge in [-0.2, -0.15) is 0 Å². The van der Waals surface area contributed by atoms with Crippen molar-refractivity contribution < 1.29 is 0 Å². The van der Waals surface area contributed by atoms with E-state index in [1.165, 1.54) is 42.4 Å². The summed E-state index contributed by atoms with van der Waals surface area (Å²) in [4.78, 5) is 2.49. The number of benzene rings is 3. The van der Waals surface area contributed by atoms with Crippen LogP contribution in [-0.4, -0.2) is 11.4 Å². The minimum absolute atomic E-state index is 0.861. The predicted molar refractivity (Wildman–Crippen MR) is 125 cm³/mol. The third kappa shape index (κ3) is 10.1. The van der Waals surface area contributed by atoms with E-state index in [1.807, 2.05) is 0 Å². The third-order valence-corrected chi connectivity index (χ3v) is 4.80. The molecular formula is C27H36N2. The van der Waals surface area contributed by atoms with Crippen LogP contribution in [0.1, 0.15) is 49.3 Å². The van der Waals surface area contributed by atoms with Crippen molar-refractivity contribution in [3.8, 4) is 0 Å². The first-order valence-electron chi connectivity index (χ1n) is 10.9. The van der Waals surface area contributed by atoms with Gasteiger partial charge in [0.05, 0.1) is 0 Å². The molecule has 3 rings (SSSR count). The van der Waals surface area contributed by atoms with Gasteiger partial charge in [0.2, 0.25) is 0 Å². The minimum Gasteiger partial charge on any atom is -0.330 e. The van der Waals surface area contributed by atoms with Gasteiger partial charge in [0.25, 0.3) is 0 Å². The topological polar surface area (TPSA) is 29.3 Å². The Morgan fingerprint density at radius 3 is 1.24 bits per heavy atom. The minimum atomic E-state index is 0.861. The second kappa shape index (κ2) is 14.6. The lowest BCUT2D eigenvalue weighted by atomic mass is 10.1. The number of nitrogens with zero attached hydrogens (tertiary/aromatic N) is 1. The first-order valence-corrected chi connectivity index (χ1v) is 10.9. The van der Waals surface area contributed by atoms with Gasteiger partial charge in [0.1, 0.15) is 0 Å². The molecule has 3 aromatic carbocycles. The van der Waals surface area contributed by atoms with Crippen LogP contribution in [0.5, 0.6) is 0 Å². The van der Waals surface area contributed by atoms with Crippen molar-refractivity contribution in [1.29, 1.82) is 0 Å². The third-order valence-electron chi connectivity index (χ3n) is 4.80. The molecule has 2 nitrogen and oxygen atoms in total. The SMILES string of the molecule is CCCCCCN.c1ccc(CN(Cc2ccccc2)Cc2ccccc2)cc1. The van der Waals surface area contributed by atoms with Crippen LogP contribution in [0, 0.1) is 0 Å². The molecule has 0 fully saturated rings. The first-order chi connectivity index (χ1) is 14.3. The molecule has 0 aliphatic rings. The summed E-state index contributed by atoms with van der Waals surface area (Å²) in [6, 6.07) is 32.1. The molecule has 0 atom stereocenters. The summed E-state index contributed by atoms with van der Waals surface area (Å²) >= 11 is 0. The molecule has 0 spiro atoms. The fourth-order valence-corrected chi connectivity index (χ4v) is 3.26. The van der Waals surface area contributed by atoms with E-state index in [0.717, 1.165) is 26.2 Å². The Morgan fingerprint density at radius 1 is 0.552 bits per heavy atom. The van der Waals surface area contributed by atoms with E-state index in [2.05, 4.69) is 103 Å². The van der Waals surface area contributed by atoms with Crippen molar-refractivity contribution in [3.05, 3.63) is 108 Å². The standard InChI is InChI=1S/C21H21N.C6H15N/c1-4-10-19(11-5-1)16-22(17-20-12-6-2-7-13-20)18-21-14-8-3-9-15-21;1-2-3-4-5-6-7/h1-15H,16-18H2;2-7H2,1H3. The summed E-state index contributed by atoms with van der Waals surface area (Å²) < 4.78 is 0. The molecule has 3 aromatic rings. The highest BCUT2D eigenvalue weighted by Gasteiger charge is 2.08. The van der Waals surface area contributed by atoms with Gasteiger partial charge in [0.15, 0.2) is 0 Å². The molecule has 0 saturated heterocycles. The molecule has 0 aliphatic carbocycles. The Labute approximate surface area is 177 Å². The Kier molecular flexibility index (Phi) is 11.5. The van der Waals surface area contributed by atoms with Gasteiger partial charge >= 0.3 is 0 Å². The van der Waals surface area contributed by atoms with Crippen LogP contribution in [0.15, 0.2) is 91.0 Å². The van der Waals surface area contributed by atoms with Crippen LogP contribution in [0.25, 0.3) is 0 Å². The van der Waals surface area contributed by atoms with E-state index in [9.17, 15) is 0 Å². The van der Waals surface area contributed by atoms with E-state index in [4.69, 9.17) is 5.73 Å². The average Bonchev–Trinajstić information content (AvgIpc) is 2.77. The number of hydrogen-bond donors (Lipinski definition) is 1. The quantitative estimate of drug-likeness (QED) is 0.406. The second-order valence-electron chi connectivity index (χ2n) is 7.45. The number of hydrogen-bond acceptors (Lipinski definition) is 2. The van der Waals surface area contributed by atoms with Gasteiger partial charge < -0.3 is 5.73 Å². The fraction of sp³-hybridized carbons (Fsp3) is 0.333.